The number of nitrogens with zero attached hydrogens (tertiary/aromatic N) is 2. The van der Waals surface area contributed by atoms with Crippen molar-refractivity contribution in [2.24, 2.45) is 22.1 Å². The number of carbonyl (C=O) groups excluding carboxylic acids is 2. The predicted octanol–water partition coefficient (Wildman–Crippen LogP) is 3.78. The van der Waals surface area contributed by atoms with Crippen LogP contribution < -0.4 is 15.8 Å². The lowest BCUT2D eigenvalue weighted by molar-refractivity contribution is -0.192. The molecule has 1 aromatic carbocycles. The Labute approximate surface area is 219 Å². The molecular weight excluding hydrogens is 505 g/mol. The Morgan fingerprint density at radius 1 is 1.24 bits per heavy atom. The van der Waals surface area contributed by atoms with Crippen LogP contribution in [0.5, 0.6) is 5.75 Å². The Balaban J connectivity index is 0.000000505. The maximum atomic E-state index is 13.5. The first-order valence-corrected chi connectivity index (χ1v) is 12.6. The molecule has 0 spiro atoms. The molecule has 0 aromatic heterocycles. The Bertz CT molecular complexity index is 1130. The fraction of sp³-hybridized carbons (Fsp3) is 0.615. The van der Waals surface area contributed by atoms with Gasteiger partial charge in [0.1, 0.15) is 11.4 Å². The molecule has 3 aliphatic rings. The number of rotatable bonds is 6. The third kappa shape index (κ3) is 5.58. The van der Waals surface area contributed by atoms with Gasteiger partial charge in [0.25, 0.3) is 0 Å². The van der Waals surface area contributed by atoms with Crippen LogP contribution in [0.4, 0.5) is 13.2 Å². The molecule has 210 valence electrons. The normalized spacial score (nSPS) is 26.8. The number of halogens is 3. The summed E-state index contributed by atoms with van der Waals surface area (Å²) >= 11 is 0. The van der Waals surface area contributed by atoms with Gasteiger partial charge in [0.05, 0.1) is 23.4 Å². The van der Waals surface area contributed by atoms with E-state index in [1.54, 1.807) is 0 Å². The number of fused-ring (bicyclic) bond motifs is 1. The minimum atomic E-state index is -5.08. The molecule has 12 heteroatoms. The van der Waals surface area contributed by atoms with Gasteiger partial charge in [-0.1, -0.05) is 39.0 Å². The second-order valence-electron chi connectivity index (χ2n) is 10.8. The highest BCUT2D eigenvalue weighted by Gasteiger charge is 2.60. The van der Waals surface area contributed by atoms with Crippen LogP contribution in [0.3, 0.4) is 0 Å². The Hall–Kier alpha value is -3.31. The van der Waals surface area contributed by atoms with Crippen LogP contribution in [-0.2, 0) is 14.4 Å². The first-order chi connectivity index (χ1) is 17.5. The Morgan fingerprint density at radius 2 is 1.79 bits per heavy atom. The van der Waals surface area contributed by atoms with Gasteiger partial charge in [0, 0.05) is 12.1 Å². The molecule has 0 radical (unpaired) electrons. The first kappa shape index (κ1) is 29.2. The molecule has 0 saturated heterocycles. The van der Waals surface area contributed by atoms with Gasteiger partial charge in [0.2, 0.25) is 11.8 Å². The zero-order valence-corrected chi connectivity index (χ0v) is 22.2. The molecule has 2 aliphatic heterocycles. The lowest BCUT2D eigenvalue weighted by atomic mass is 9.87. The van der Waals surface area contributed by atoms with E-state index in [-0.39, 0.29) is 36.3 Å². The molecule has 38 heavy (non-hydrogen) atoms. The van der Waals surface area contributed by atoms with E-state index in [0.29, 0.717) is 6.42 Å². The SMILES string of the molecule is CCC1(CC)CC(=O)N(C[C@@]2(C(=O)N[C@@H]3c4ccccc4OC3(C)C)C[C@H]2C)C(N)=N1.O=C(O)C(F)(F)F. The van der Waals surface area contributed by atoms with E-state index in [1.165, 1.54) is 4.90 Å². The van der Waals surface area contributed by atoms with Gasteiger partial charge in [-0.15, -0.1) is 0 Å². The number of nitrogens with two attached hydrogens (primary N) is 1. The van der Waals surface area contributed by atoms with Gasteiger partial charge in [-0.05, 0) is 45.1 Å². The molecule has 1 saturated carbocycles. The number of aliphatic imine (C=N–C) groups is 1. The van der Waals surface area contributed by atoms with Crippen LogP contribution in [0.25, 0.3) is 0 Å². The van der Waals surface area contributed by atoms with E-state index in [4.69, 9.17) is 20.4 Å². The molecule has 0 bridgehead atoms. The van der Waals surface area contributed by atoms with E-state index in [2.05, 4.69) is 10.3 Å². The fourth-order valence-electron chi connectivity index (χ4n) is 5.11. The van der Waals surface area contributed by atoms with Gasteiger partial charge in [-0.2, -0.15) is 13.2 Å². The van der Waals surface area contributed by atoms with Crippen LogP contribution in [-0.4, -0.2) is 57.6 Å². The monoisotopic (exact) mass is 540 g/mol. The van der Waals surface area contributed by atoms with Gasteiger partial charge in [-0.3, -0.25) is 14.5 Å². The maximum Gasteiger partial charge on any atom is 0.490 e. The second kappa shape index (κ2) is 10.1. The highest BCUT2D eigenvalue weighted by atomic mass is 19.4. The third-order valence-electron chi connectivity index (χ3n) is 7.89. The van der Waals surface area contributed by atoms with Crippen LogP contribution in [0.15, 0.2) is 29.3 Å². The number of amides is 2. The molecule has 3 atom stereocenters. The number of guanidine groups is 1. The summed E-state index contributed by atoms with van der Waals surface area (Å²) in [7, 11) is 0. The number of hydrogen-bond donors (Lipinski definition) is 3. The summed E-state index contributed by atoms with van der Waals surface area (Å²) in [6.07, 6.45) is -2.49. The van der Waals surface area contributed by atoms with Crippen molar-refractivity contribution in [3.63, 3.8) is 0 Å². The Kier molecular flexibility index (Phi) is 7.78. The van der Waals surface area contributed by atoms with Crippen molar-refractivity contribution in [2.75, 3.05) is 6.54 Å². The van der Waals surface area contributed by atoms with Crippen molar-refractivity contribution in [3.05, 3.63) is 29.8 Å². The number of carbonyl (C=O) groups is 3. The lowest BCUT2D eigenvalue weighted by Gasteiger charge is -2.38. The molecular formula is C26H35F3N4O5. The van der Waals surface area contributed by atoms with E-state index in [1.807, 2.05) is 58.9 Å². The van der Waals surface area contributed by atoms with Crippen molar-refractivity contribution >= 4 is 23.7 Å². The van der Waals surface area contributed by atoms with Gasteiger partial charge in [-0.25, -0.2) is 9.79 Å². The first-order valence-electron chi connectivity index (χ1n) is 12.6. The van der Waals surface area contributed by atoms with Crippen LogP contribution in [0.2, 0.25) is 0 Å². The second-order valence-corrected chi connectivity index (χ2v) is 10.8. The number of carboxylic acid groups (broad SMARTS) is 1. The van der Waals surface area contributed by atoms with Crippen molar-refractivity contribution < 1.29 is 37.4 Å². The standard InChI is InChI=1S/C24H34N4O3.C2HF3O2/c1-6-23(7-2)13-18(29)28(21(25)27-23)14-24(12-15(24)3)20(30)26-19-16-10-8-9-11-17(16)31-22(19,4)5;3-2(4,5)1(6)7/h8-11,15,19H,6-7,12-14H2,1-5H3,(H2,25,27)(H,26,30);(H,6,7)/t15-,19-,24+;/m1./s1. The van der Waals surface area contributed by atoms with E-state index >= 15 is 0 Å². The van der Waals surface area contributed by atoms with Crippen LogP contribution in [0, 0.1) is 11.3 Å². The quantitative estimate of drug-likeness (QED) is 0.503. The number of benzene rings is 1. The number of ether oxygens (including phenoxy) is 1. The minimum Gasteiger partial charge on any atom is -0.485 e. The number of para-hydroxylation sites is 1. The number of carboxylic acids is 1. The van der Waals surface area contributed by atoms with Gasteiger partial charge < -0.3 is 20.9 Å². The molecule has 2 amide bonds. The zero-order chi connectivity index (χ0) is 28.7. The summed E-state index contributed by atoms with van der Waals surface area (Å²) in [5, 5.41) is 10.4. The minimum absolute atomic E-state index is 0.0441. The summed E-state index contributed by atoms with van der Waals surface area (Å²) < 4.78 is 37.8. The molecule has 9 nitrogen and oxygen atoms in total. The van der Waals surface area contributed by atoms with Crippen molar-refractivity contribution in [1.29, 1.82) is 0 Å². The van der Waals surface area contributed by atoms with Gasteiger partial charge >= 0.3 is 12.1 Å². The molecule has 1 fully saturated rings. The summed E-state index contributed by atoms with van der Waals surface area (Å²) in [6, 6.07) is 7.55. The Morgan fingerprint density at radius 3 is 2.26 bits per heavy atom. The molecule has 1 aliphatic carbocycles. The summed E-state index contributed by atoms with van der Waals surface area (Å²) in [5.74, 6) is -1.65. The summed E-state index contributed by atoms with van der Waals surface area (Å²) in [6.45, 7) is 10.3. The molecule has 2 heterocycles. The van der Waals surface area contributed by atoms with E-state index in [9.17, 15) is 22.8 Å². The zero-order valence-electron chi connectivity index (χ0n) is 22.2. The van der Waals surface area contributed by atoms with E-state index in [0.717, 1.165) is 30.6 Å². The number of aliphatic carboxylic acids is 1. The lowest BCUT2D eigenvalue weighted by Crippen LogP contribution is -2.55. The van der Waals surface area contributed by atoms with Gasteiger partial charge in [0.15, 0.2) is 5.96 Å². The van der Waals surface area contributed by atoms with Crippen LogP contribution >= 0.6 is 0 Å². The topological polar surface area (TPSA) is 134 Å². The summed E-state index contributed by atoms with van der Waals surface area (Å²) in [4.78, 5) is 41.6. The smallest absolute Gasteiger partial charge is 0.485 e. The number of alkyl halides is 3. The maximum absolute atomic E-state index is 13.5. The third-order valence-corrected chi connectivity index (χ3v) is 7.89. The molecule has 1 aromatic rings. The van der Waals surface area contributed by atoms with E-state index < -0.39 is 28.7 Å². The average molecular weight is 541 g/mol. The molecule has 0 unspecified atom stereocenters. The molecule has 4 N–H and O–H groups in total. The van der Waals surface area contributed by atoms with Crippen molar-refractivity contribution in [3.8, 4) is 5.75 Å². The number of nitrogens with one attached hydrogen (secondary N) is 1. The molecule has 4 rings (SSSR count). The van der Waals surface area contributed by atoms with Crippen molar-refractivity contribution in [2.45, 2.75) is 83.7 Å². The number of hydrogen-bond acceptors (Lipinski definition) is 6. The highest BCUT2D eigenvalue weighted by Crippen LogP contribution is 2.54. The predicted molar refractivity (Wildman–Crippen MR) is 133 cm³/mol. The summed E-state index contributed by atoms with van der Waals surface area (Å²) in [5.41, 5.74) is 5.61. The fourth-order valence-corrected chi connectivity index (χ4v) is 5.11. The van der Waals surface area contributed by atoms with Crippen molar-refractivity contribution in [1.82, 2.24) is 10.2 Å². The average Bonchev–Trinajstić information content (AvgIpc) is 3.41. The highest BCUT2D eigenvalue weighted by molar-refractivity contribution is 6.00. The largest absolute Gasteiger partial charge is 0.490 e. The van der Waals surface area contributed by atoms with Crippen LogP contribution in [0.1, 0.15) is 71.9 Å².